The van der Waals surface area contributed by atoms with E-state index in [2.05, 4.69) is 19.7 Å². The standard InChI is InChI=1S/C20H29N7O4S/c1-12(2)10-26-16(21)15(17(29)24(3)20(26)30)14(28)11-32-19-23-22-18(27(19)13-4-5-13)25-6-8-31-9-7-25/h12-13H,4-11,21H2,1-3H3. The Hall–Kier alpha value is -2.60. The second-order valence-electron chi connectivity index (χ2n) is 8.61. The second kappa shape index (κ2) is 9.10. The Labute approximate surface area is 189 Å². The molecule has 0 bridgehead atoms. The highest BCUT2D eigenvalue weighted by atomic mass is 32.2. The van der Waals surface area contributed by atoms with Crippen LogP contribution in [0.2, 0.25) is 0 Å². The number of anilines is 2. The van der Waals surface area contributed by atoms with Crippen molar-refractivity contribution in [2.24, 2.45) is 13.0 Å². The smallest absolute Gasteiger partial charge is 0.332 e. The molecule has 1 aliphatic heterocycles. The van der Waals surface area contributed by atoms with Gasteiger partial charge in [0.05, 0.1) is 19.0 Å². The van der Waals surface area contributed by atoms with Crippen molar-refractivity contribution >= 4 is 29.3 Å². The van der Waals surface area contributed by atoms with Crippen LogP contribution in [0.4, 0.5) is 11.8 Å². The van der Waals surface area contributed by atoms with Gasteiger partial charge in [0.15, 0.2) is 10.9 Å². The normalized spacial score (nSPS) is 16.7. The fourth-order valence-corrected chi connectivity index (χ4v) is 4.66. The number of nitrogens with two attached hydrogens (primary N) is 1. The third-order valence-electron chi connectivity index (χ3n) is 5.59. The summed E-state index contributed by atoms with van der Waals surface area (Å²) in [7, 11) is 1.36. The quantitative estimate of drug-likeness (QED) is 0.440. The molecule has 174 valence electrons. The van der Waals surface area contributed by atoms with E-state index in [9.17, 15) is 14.4 Å². The molecule has 0 unspecified atom stereocenters. The van der Waals surface area contributed by atoms with Gasteiger partial charge < -0.3 is 15.4 Å². The summed E-state index contributed by atoms with van der Waals surface area (Å²) in [5.41, 5.74) is 4.79. The summed E-state index contributed by atoms with van der Waals surface area (Å²) in [6.07, 6.45) is 2.09. The van der Waals surface area contributed by atoms with E-state index in [4.69, 9.17) is 10.5 Å². The van der Waals surface area contributed by atoms with E-state index in [-0.39, 0.29) is 23.1 Å². The van der Waals surface area contributed by atoms with E-state index < -0.39 is 17.0 Å². The van der Waals surface area contributed by atoms with Crippen molar-refractivity contribution < 1.29 is 9.53 Å². The van der Waals surface area contributed by atoms with Gasteiger partial charge in [-0.3, -0.25) is 23.3 Å². The molecule has 2 aromatic rings. The molecule has 0 amide bonds. The zero-order valence-electron chi connectivity index (χ0n) is 18.6. The van der Waals surface area contributed by atoms with Crippen LogP contribution in [0.5, 0.6) is 0 Å². The molecule has 32 heavy (non-hydrogen) atoms. The van der Waals surface area contributed by atoms with Crippen LogP contribution >= 0.6 is 11.8 Å². The summed E-state index contributed by atoms with van der Waals surface area (Å²) < 4.78 is 9.76. The first-order chi connectivity index (χ1) is 15.3. The lowest BCUT2D eigenvalue weighted by Crippen LogP contribution is -2.43. The molecule has 1 saturated heterocycles. The van der Waals surface area contributed by atoms with Crippen LogP contribution in [0.25, 0.3) is 0 Å². The molecule has 12 heteroatoms. The van der Waals surface area contributed by atoms with Crippen LogP contribution in [-0.4, -0.2) is 61.7 Å². The van der Waals surface area contributed by atoms with Gasteiger partial charge in [-0.25, -0.2) is 4.79 Å². The van der Waals surface area contributed by atoms with E-state index in [1.54, 1.807) is 0 Å². The summed E-state index contributed by atoms with van der Waals surface area (Å²) in [4.78, 5) is 40.4. The minimum absolute atomic E-state index is 0.0205. The maximum atomic E-state index is 13.1. The zero-order valence-corrected chi connectivity index (χ0v) is 19.4. The van der Waals surface area contributed by atoms with Gasteiger partial charge in [-0.15, -0.1) is 10.2 Å². The van der Waals surface area contributed by atoms with Gasteiger partial charge in [-0.05, 0) is 18.8 Å². The van der Waals surface area contributed by atoms with E-state index in [0.29, 0.717) is 31.0 Å². The molecule has 0 atom stereocenters. The first kappa shape index (κ1) is 22.6. The number of aromatic nitrogens is 5. The lowest BCUT2D eigenvalue weighted by molar-refractivity contribution is 0.102. The molecule has 2 N–H and O–H groups in total. The Morgan fingerprint density at radius 2 is 1.91 bits per heavy atom. The number of carbonyl (C=O) groups excluding carboxylic acids is 1. The van der Waals surface area contributed by atoms with Crippen molar-refractivity contribution in [2.45, 2.75) is 44.4 Å². The Balaban J connectivity index is 1.58. The molecule has 0 radical (unpaired) electrons. The van der Waals surface area contributed by atoms with Gasteiger partial charge in [0, 0.05) is 32.7 Å². The van der Waals surface area contributed by atoms with Crippen molar-refractivity contribution in [3.8, 4) is 0 Å². The number of hydrogen-bond donors (Lipinski definition) is 1. The Morgan fingerprint density at radius 1 is 1.22 bits per heavy atom. The molecular formula is C20H29N7O4S. The van der Waals surface area contributed by atoms with E-state index in [1.807, 2.05) is 13.8 Å². The van der Waals surface area contributed by atoms with Crippen molar-refractivity contribution in [2.75, 3.05) is 42.7 Å². The monoisotopic (exact) mass is 463 g/mol. The number of carbonyl (C=O) groups is 1. The lowest BCUT2D eigenvalue weighted by Gasteiger charge is -2.27. The van der Waals surface area contributed by atoms with Crippen molar-refractivity contribution in [3.63, 3.8) is 0 Å². The summed E-state index contributed by atoms with van der Waals surface area (Å²) in [6, 6.07) is 0.325. The predicted molar refractivity (Wildman–Crippen MR) is 122 cm³/mol. The Kier molecular flexibility index (Phi) is 6.42. The summed E-state index contributed by atoms with van der Waals surface area (Å²) in [5.74, 6) is 0.402. The SMILES string of the molecule is CC(C)Cn1c(N)c(C(=O)CSc2nnc(N3CCOCC3)n2C2CC2)c(=O)n(C)c1=O. The Morgan fingerprint density at radius 3 is 2.53 bits per heavy atom. The van der Waals surface area contributed by atoms with Crippen LogP contribution in [0.15, 0.2) is 14.7 Å². The molecule has 1 aliphatic carbocycles. The number of ether oxygens (including phenoxy) is 1. The number of morpholine rings is 1. The highest BCUT2D eigenvalue weighted by Crippen LogP contribution is 2.41. The number of nitrogens with zero attached hydrogens (tertiary/aromatic N) is 6. The van der Waals surface area contributed by atoms with Crippen LogP contribution in [-0.2, 0) is 18.3 Å². The minimum atomic E-state index is -0.671. The fourth-order valence-electron chi connectivity index (χ4n) is 3.79. The van der Waals surface area contributed by atoms with Gasteiger partial charge in [-0.2, -0.15) is 0 Å². The molecule has 0 aromatic carbocycles. The minimum Gasteiger partial charge on any atom is -0.384 e. The van der Waals surface area contributed by atoms with Gasteiger partial charge in [-0.1, -0.05) is 25.6 Å². The fraction of sp³-hybridized carbons (Fsp3) is 0.650. The van der Waals surface area contributed by atoms with Gasteiger partial charge in [0.25, 0.3) is 5.56 Å². The largest absolute Gasteiger partial charge is 0.384 e. The van der Waals surface area contributed by atoms with E-state index in [1.165, 1.54) is 23.4 Å². The number of ketones is 1. The molecule has 2 aliphatic rings. The lowest BCUT2D eigenvalue weighted by atomic mass is 10.2. The number of rotatable bonds is 8. The van der Waals surface area contributed by atoms with Crippen LogP contribution < -0.4 is 21.9 Å². The zero-order chi connectivity index (χ0) is 23.0. The molecule has 3 heterocycles. The first-order valence-electron chi connectivity index (χ1n) is 10.8. The van der Waals surface area contributed by atoms with Crippen LogP contribution in [0, 0.1) is 5.92 Å². The topological polar surface area (TPSA) is 130 Å². The Bertz CT molecular complexity index is 1130. The number of nitrogen functional groups attached to an aromatic ring is 1. The molecule has 2 fully saturated rings. The van der Waals surface area contributed by atoms with Crippen molar-refractivity contribution in [3.05, 3.63) is 26.4 Å². The predicted octanol–water partition coefficient (Wildman–Crippen LogP) is 0.523. The van der Waals surface area contributed by atoms with Gasteiger partial charge >= 0.3 is 5.69 Å². The van der Waals surface area contributed by atoms with Crippen molar-refractivity contribution in [1.29, 1.82) is 0 Å². The maximum Gasteiger partial charge on any atom is 0.332 e. The molecule has 11 nitrogen and oxygen atoms in total. The second-order valence-corrected chi connectivity index (χ2v) is 9.55. The van der Waals surface area contributed by atoms with Crippen LogP contribution in [0.1, 0.15) is 43.1 Å². The van der Waals surface area contributed by atoms with Gasteiger partial charge in [0.1, 0.15) is 11.4 Å². The molecule has 4 rings (SSSR count). The average Bonchev–Trinajstić information content (AvgIpc) is 3.53. The summed E-state index contributed by atoms with van der Waals surface area (Å²) in [5, 5.41) is 9.34. The number of hydrogen-bond acceptors (Lipinski definition) is 9. The molecular weight excluding hydrogens is 434 g/mol. The number of Topliss-reactive ketones (excluding diaryl/α,β-unsaturated/α-hetero) is 1. The molecule has 2 aromatic heterocycles. The van der Waals surface area contributed by atoms with E-state index >= 15 is 0 Å². The summed E-state index contributed by atoms with van der Waals surface area (Å²) in [6.45, 7) is 6.98. The number of thioether (sulfide) groups is 1. The van der Waals surface area contributed by atoms with Crippen LogP contribution in [0.3, 0.4) is 0 Å². The average molecular weight is 464 g/mol. The molecule has 1 saturated carbocycles. The third-order valence-corrected chi connectivity index (χ3v) is 6.54. The van der Waals surface area contributed by atoms with Gasteiger partial charge in [0.2, 0.25) is 5.95 Å². The first-order valence-corrected chi connectivity index (χ1v) is 11.8. The third kappa shape index (κ3) is 4.33. The maximum absolute atomic E-state index is 13.1. The van der Waals surface area contributed by atoms with E-state index in [0.717, 1.165) is 36.4 Å². The summed E-state index contributed by atoms with van der Waals surface area (Å²) >= 11 is 1.24. The van der Waals surface area contributed by atoms with Crippen molar-refractivity contribution in [1.82, 2.24) is 23.9 Å². The highest BCUT2D eigenvalue weighted by molar-refractivity contribution is 7.99. The highest BCUT2D eigenvalue weighted by Gasteiger charge is 2.32. The molecule has 0 spiro atoms.